The molecule has 43 heteroatoms. The number of nitrogens with one attached hydrogen (secondary N) is 3. The van der Waals surface area contributed by atoms with Gasteiger partial charge in [-0.1, -0.05) is 69.4 Å². The van der Waals surface area contributed by atoms with Crippen LogP contribution in [0, 0.1) is 23.7 Å². The third kappa shape index (κ3) is 34.5. The number of aliphatic hydroxyl groups excluding tert-OH is 4. The smallest absolute Gasteiger partial charge is 0.408 e. The number of hydrogen-bond donors (Lipinski definition) is 10. The molecule has 0 saturated heterocycles. The molecule has 5 unspecified atom stereocenters. The Kier molecular flexibility index (Phi) is 40.2. The number of halogens is 4. The highest BCUT2D eigenvalue weighted by Crippen LogP contribution is 2.39. The van der Waals surface area contributed by atoms with Crippen LogP contribution in [0.2, 0.25) is 15.1 Å². The van der Waals surface area contributed by atoms with E-state index in [9.17, 15) is 39.6 Å². The van der Waals surface area contributed by atoms with Crippen molar-refractivity contribution in [2.75, 3.05) is 72.3 Å². The fraction of sp³-hybridized carbons (Fsp3) is 0.610. The molecule has 102 heavy (non-hydrogen) atoms. The molecule has 5 aliphatic rings. The molecular formula is C59H98BrCl3N14O22S3. The van der Waals surface area contributed by atoms with Crippen molar-refractivity contribution < 1.29 is 102 Å². The van der Waals surface area contributed by atoms with Crippen LogP contribution in [0.3, 0.4) is 0 Å². The Bertz CT molecular complexity index is 3750. The zero-order chi connectivity index (χ0) is 75.5. The molecule has 0 saturated carbocycles. The SMILES string of the molecule is CC(C)(C)OC(=O)NC(CO)CO.CC1COc2c(Br)cnn2C1.CC1COc2c(S(=O)(=O)Oc3c(Cl)cc(Cl)cc3Cl)cnn2C1.CC1COc2c(S(N)(=O)=O)cnn2C1.CC1COc2ccnn2C1.CCC(COS(C)(=O)=O)NC(=O)OC(C)(C)C.N.NC(CO)CO.O.O=C1C=CNC1. The predicted molar refractivity (Wildman–Crippen MR) is 380 cm³/mol. The first-order chi connectivity index (χ1) is 46.5. The molecule has 0 radical (unpaired) electrons. The fourth-order valence-corrected chi connectivity index (χ4v) is 11.3. The molecule has 0 aliphatic carbocycles. The van der Waals surface area contributed by atoms with E-state index in [2.05, 4.69) is 70.3 Å². The molecule has 582 valence electrons. The highest BCUT2D eigenvalue weighted by Gasteiger charge is 2.32. The van der Waals surface area contributed by atoms with Crippen LogP contribution in [0.25, 0.3) is 0 Å². The predicted octanol–water partition coefficient (Wildman–Crippen LogP) is 4.22. The van der Waals surface area contributed by atoms with Gasteiger partial charge in [-0.25, -0.2) is 41.9 Å². The summed E-state index contributed by atoms with van der Waals surface area (Å²) in [6, 6.07) is 3.07. The summed E-state index contributed by atoms with van der Waals surface area (Å²) in [5, 5.41) is 62.4. The molecule has 1 aromatic carbocycles. The Morgan fingerprint density at radius 3 is 1.53 bits per heavy atom. The number of primary sulfonamides is 1. The summed E-state index contributed by atoms with van der Waals surface area (Å²) >= 11 is 21.1. The van der Waals surface area contributed by atoms with Crippen LogP contribution in [0.5, 0.6) is 29.3 Å². The summed E-state index contributed by atoms with van der Waals surface area (Å²) in [6.07, 6.45) is 9.43. The van der Waals surface area contributed by atoms with Crippen molar-refractivity contribution in [3.63, 3.8) is 0 Å². The standard InChI is InChI=1S/C13H11Cl3N2O4S.C10H21NO5S.C8H17NO4.C7H9BrN2O.C7H11N3O3S.C7H10N2O.C4H5NO.C3H9NO2.H3N.H2O/c1-7-5-18-13(21-6-7)11(4-17-18)23(19,20)22-12-9(15)2-8(14)3-10(12)16;1-6-8(7-15-17(5,13)14)11-9(12)16-10(2,3)4;1-8(2,3)13-7(12)9-6(4-10)5-11;1-5-3-10-7(11-4-5)6(8)2-9-10;1-5-3-10-7(13-4-5)6(2-9-10)14(8,11)12;1-6-4-9-7(10-5-6)2-3-8-9;6-4-1-2-5-3-4;4-3(1-5)2-6;;/h2-4,7H,5-6H2,1H3;8H,6-7H2,1-5H3,(H,11,12);6,10-11H,4-5H2,1-3H3,(H,9,12);2,5H,3-4H2,1H3;2,5H,3-4H2,1H3,(H2,8,11,12);2-3,6H,4-5H2,1H3;1-2,5H,3H2;3,5-6H,1-2,4H2;1H3;1H2. The van der Waals surface area contributed by atoms with Crippen LogP contribution in [0.4, 0.5) is 9.59 Å². The van der Waals surface area contributed by atoms with Gasteiger partial charge < -0.3 is 86.3 Å². The zero-order valence-corrected chi connectivity index (χ0v) is 65.1. The van der Waals surface area contributed by atoms with Crippen molar-refractivity contribution >= 4 is 99.0 Å². The van der Waals surface area contributed by atoms with Gasteiger partial charge in [-0.05, 0) is 82.1 Å². The summed E-state index contributed by atoms with van der Waals surface area (Å²) in [5.41, 5.74) is 3.82. The highest BCUT2D eigenvalue weighted by molar-refractivity contribution is 9.10. The van der Waals surface area contributed by atoms with Crippen LogP contribution in [0.15, 0.2) is 69.5 Å². The summed E-state index contributed by atoms with van der Waals surface area (Å²) in [7, 11) is -11.4. The number of carbonyl (C=O) groups excluding carboxylic acids is 3. The van der Waals surface area contributed by atoms with Gasteiger partial charge in [0.15, 0.2) is 21.3 Å². The first-order valence-electron chi connectivity index (χ1n) is 30.9. The molecular weight excluding hydrogens is 1540 g/mol. The molecule has 0 fully saturated rings. The molecule has 5 aliphatic heterocycles. The average Bonchev–Trinajstić information content (AvgIpc) is 1.59. The second-order valence-corrected chi connectivity index (χ2v) is 31.8. The molecule has 5 aromatic rings. The summed E-state index contributed by atoms with van der Waals surface area (Å²) in [6.45, 7) is 25.7. The van der Waals surface area contributed by atoms with Crippen LogP contribution < -0.4 is 56.1 Å². The van der Waals surface area contributed by atoms with E-state index >= 15 is 0 Å². The van der Waals surface area contributed by atoms with Crippen LogP contribution in [0.1, 0.15) is 82.6 Å². The Labute approximate surface area is 617 Å². The largest absolute Gasteiger partial charge is 0.477 e. The zero-order valence-electron chi connectivity index (χ0n) is 58.7. The molecule has 5 atom stereocenters. The van der Waals surface area contributed by atoms with E-state index < -0.39 is 65.7 Å². The minimum Gasteiger partial charge on any atom is -0.477 e. The Balaban J connectivity index is 0.000000600. The summed E-state index contributed by atoms with van der Waals surface area (Å²) in [4.78, 5) is 32.3. The Morgan fingerprint density at radius 1 is 0.696 bits per heavy atom. The van der Waals surface area contributed by atoms with Crippen molar-refractivity contribution in [3.05, 3.63) is 74.8 Å². The van der Waals surface area contributed by atoms with Crippen molar-refractivity contribution in [2.24, 2.45) is 34.5 Å². The molecule has 16 N–H and O–H groups in total. The molecule has 10 rings (SSSR count). The van der Waals surface area contributed by atoms with E-state index in [-0.39, 0.29) is 105 Å². The number of sulfonamides is 1. The van der Waals surface area contributed by atoms with Crippen molar-refractivity contribution in [2.45, 2.75) is 148 Å². The third-order valence-electron chi connectivity index (χ3n) is 12.6. The maximum Gasteiger partial charge on any atom is 0.408 e. The second kappa shape index (κ2) is 43.8. The van der Waals surface area contributed by atoms with Crippen molar-refractivity contribution in [1.29, 1.82) is 0 Å². The number of aromatic nitrogens is 8. The highest BCUT2D eigenvalue weighted by atomic mass is 79.9. The Hall–Kier alpha value is -6.35. The molecule has 4 aromatic heterocycles. The Morgan fingerprint density at radius 2 is 1.13 bits per heavy atom. The van der Waals surface area contributed by atoms with Gasteiger partial charge in [0.05, 0.1) is 156 Å². The van der Waals surface area contributed by atoms with Crippen LogP contribution >= 0.6 is 50.7 Å². The van der Waals surface area contributed by atoms with E-state index in [1.54, 1.807) is 60.1 Å². The number of alkyl carbamates (subject to hydrolysis) is 2. The molecule has 0 spiro atoms. The number of hydrogen-bond acceptors (Lipinski definition) is 28. The van der Waals surface area contributed by atoms with E-state index in [1.165, 1.54) is 40.0 Å². The molecule has 36 nitrogen and oxygen atoms in total. The van der Waals surface area contributed by atoms with Gasteiger partial charge in [0.2, 0.25) is 33.5 Å². The van der Waals surface area contributed by atoms with E-state index in [4.69, 9.17) is 98.7 Å². The number of ketones is 1. The lowest BCUT2D eigenvalue weighted by molar-refractivity contribution is -0.113. The number of aliphatic hydroxyl groups is 4. The number of nitrogens with two attached hydrogens (primary N) is 2. The van der Waals surface area contributed by atoms with E-state index in [0.717, 1.165) is 48.8 Å². The lowest BCUT2D eigenvalue weighted by Gasteiger charge is -2.22. The quantitative estimate of drug-likeness (QED) is 0.0696. The normalized spacial score (nSPS) is 17.1. The van der Waals surface area contributed by atoms with Crippen molar-refractivity contribution in [3.8, 4) is 29.3 Å². The van der Waals surface area contributed by atoms with Gasteiger partial charge in [-0.3, -0.25) is 8.98 Å². The second-order valence-electron chi connectivity index (χ2n) is 25.0. The van der Waals surface area contributed by atoms with Crippen molar-refractivity contribution in [1.82, 2.24) is 61.2 Å². The number of rotatable bonds is 14. The minimum atomic E-state index is -4.21. The summed E-state index contributed by atoms with van der Waals surface area (Å²) in [5.74, 6) is 3.85. The maximum absolute atomic E-state index is 12.5. The van der Waals surface area contributed by atoms with E-state index in [1.807, 2.05) is 36.2 Å². The maximum atomic E-state index is 12.5. The van der Waals surface area contributed by atoms with Gasteiger partial charge in [-0.15, -0.1) is 0 Å². The lowest BCUT2D eigenvalue weighted by atomic mass is 10.2. The van der Waals surface area contributed by atoms with Crippen LogP contribution in [-0.2, 0) is 74.9 Å². The number of carbonyl (C=O) groups is 3. The average molecular weight is 1640 g/mol. The third-order valence-corrected chi connectivity index (χ3v) is 16.6. The van der Waals surface area contributed by atoms with Gasteiger partial charge in [0.25, 0.3) is 10.1 Å². The lowest BCUT2D eigenvalue weighted by Crippen LogP contribution is -2.42. The van der Waals surface area contributed by atoms with E-state index in [0.29, 0.717) is 57.0 Å². The monoisotopic (exact) mass is 1630 g/mol. The molecule has 0 bridgehead atoms. The topological polar surface area (TPSA) is 534 Å². The first kappa shape index (κ1) is 93.7. The number of ether oxygens (including phenoxy) is 6. The number of benzene rings is 1. The molecule has 9 heterocycles. The number of amides is 2. The summed E-state index contributed by atoms with van der Waals surface area (Å²) < 4.78 is 118. The fourth-order valence-electron chi connectivity index (χ4n) is 7.88. The first-order valence-corrected chi connectivity index (χ1v) is 37.6. The molecule has 2 amide bonds. The number of fused-ring (bicyclic) bond motifs is 4. The number of nitrogens with zero attached hydrogens (tertiary/aromatic N) is 8. The minimum absolute atomic E-state index is 0. The van der Waals surface area contributed by atoms with Gasteiger partial charge >= 0.3 is 22.3 Å². The van der Waals surface area contributed by atoms with Gasteiger partial charge in [0.1, 0.15) is 11.2 Å². The van der Waals surface area contributed by atoms with Gasteiger partial charge in [-0.2, -0.15) is 37.2 Å². The van der Waals surface area contributed by atoms with Gasteiger partial charge in [0, 0.05) is 41.0 Å². The van der Waals surface area contributed by atoms with Crippen LogP contribution in [-0.4, -0.2) is 210 Å².